The van der Waals surface area contributed by atoms with Crippen molar-refractivity contribution in [2.75, 3.05) is 18.1 Å². The monoisotopic (exact) mass is 376 g/mol. The molecule has 6 nitrogen and oxygen atoms in total. The molecule has 8 heteroatoms. The van der Waals surface area contributed by atoms with Gasteiger partial charge < -0.3 is 19.7 Å². The summed E-state index contributed by atoms with van der Waals surface area (Å²) in [6, 6.07) is 13.3. The summed E-state index contributed by atoms with van der Waals surface area (Å²) < 4.78 is 34.2. The zero-order valence-electron chi connectivity index (χ0n) is 14.4. The van der Waals surface area contributed by atoms with Crippen molar-refractivity contribution in [2.24, 2.45) is 0 Å². The van der Waals surface area contributed by atoms with Crippen molar-refractivity contribution in [1.29, 1.82) is 0 Å². The van der Waals surface area contributed by atoms with E-state index in [0.717, 1.165) is 0 Å². The van der Waals surface area contributed by atoms with Gasteiger partial charge in [-0.25, -0.2) is 0 Å². The normalized spacial score (nSPS) is 13.1. The second kappa shape index (κ2) is 8.48. The summed E-state index contributed by atoms with van der Waals surface area (Å²) in [5, 5.41) is 2.71. The lowest BCUT2D eigenvalue weighted by Gasteiger charge is -2.29. The first-order valence-electron chi connectivity index (χ1n) is 8.35. The summed E-state index contributed by atoms with van der Waals surface area (Å²) in [6.07, 6.45) is 0.104. The van der Waals surface area contributed by atoms with Crippen molar-refractivity contribution < 1.29 is 27.8 Å². The Hall–Kier alpha value is -3.16. The van der Waals surface area contributed by atoms with Crippen LogP contribution >= 0.6 is 0 Å². The zero-order chi connectivity index (χ0) is 19.2. The number of amides is 2. The van der Waals surface area contributed by atoms with E-state index in [9.17, 15) is 18.4 Å². The van der Waals surface area contributed by atoms with Gasteiger partial charge >= 0.3 is 6.61 Å². The van der Waals surface area contributed by atoms with E-state index in [1.165, 1.54) is 17.0 Å². The number of nitrogens with zero attached hydrogens (tertiary/aromatic N) is 1. The lowest BCUT2D eigenvalue weighted by atomic mass is 10.2. The van der Waals surface area contributed by atoms with Gasteiger partial charge in [0.15, 0.2) is 6.61 Å². The number of halogens is 2. The van der Waals surface area contributed by atoms with Crippen LogP contribution in [-0.4, -0.2) is 31.6 Å². The number of carbonyl (C=O) groups is 2. The molecule has 0 unspecified atom stereocenters. The topological polar surface area (TPSA) is 67.9 Å². The number of alkyl halides is 2. The molecule has 2 amide bonds. The summed E-state index contributed by atoms with van der Waals surface area (Å²) in [5.41, 5.74) is 1.27. The molecule has 1 heterocycles. The van der Waals surface area contributed by atoms with E-state index < -0.39 is 6.61 Å². The Morgan fingerprint density at radius 2 is 2.04 bits per heavy atom. The standard InChI is InChI=1S/C19H18F2N2O4/c20-19(21)27-14-5-3-4-13(10-14)11-22-17(24)8-9-23-15-6-1-2-7-16(15)26-12-18(23)25/h1-7,10,19H,8-9,11-12H2,(H,22,24). The number of benzene rings is 2. The minimum atomic E-state index is -2.90. The Bertz CT molecular complexity index is 829. The third kappa shape index (κ3) is 4.93. The second-order valence-electron chi connectivity index (χ2n) is 5.85. The van der Waals surface area contributed by atoms with Crippen LogP contribution in [0.4, 0.5) is 14.5 Å². The number of fused-ring (bicyclic) bond motifs is 1. The second-order valence-corrected chi connectivity index (χ2v) is 5.85. The molecule has 2 aromatic rings. The van der Waals surface area contributed by atoms with Gasteiger partial charge in [0.05, 0.1) is 5.69 Å². The van der Waals surface area contributed by atoms with E-state index in [1.54, 1.807) is 30.3 Å². The van der Waals surface area contributed by atoms with Crippen LogP contribution in [0.3, 0.4) is 0 Å². The van der Waals surface area contributed by atoms with Crippen LogP contribution in [-0.2, 0) is 16.1 Å². The molecule has 0 aliphatic carbocycles. The van der Waals surface area contributed by atoms with Crippen molar-refractivity contribution in [2.45, 2.75) is 19.6 Å². The van der Waals surface area contributed by atoms with E-state index in [1.807, 2.05) is 6.07 Å². The quantitative estimate of drug-likeness (QED) is 0.807. The van der Waals surface area contributed by atoms with Crippen molar-refractivity contribution >= 4 is 17.5 Å². The van der Waals surface area contributed by atoms with Gasteiger partial charge in [-0.05, 0) is 29.8 Å². The maximum Gasteiger partial charge on any atom is 0.387 e. The average Bonchev–Trinajstić information content (AvgIpc) is 2.65. The van der Waals surface area contributed by atoms with Gasteiger partial charge in [-0.2, -0.15) is 8.78 Å². The summed E-state index contributed by atoms with van der Waals surface area (Å²) in [7, 11) is 0. The maximum absolute atomic E-state index is 12.2. The van der Waals surface area contributed by atoms with E-state index in [-0.39, 0.29) is 43.7 Å². The average molecular weight is 376 g/mol. The number of hydrogen-bond acceptors (Lipinski definition) is 4. The number of nitrogens with one attached hydrogen (secondary N) is 1. The Kier molecular flexibility index (Phi) is 5.85. The largest absolute Gasteiger partial charge is 0.482 e. The molecule has 0 radical (unpaired) electrons. The highest BCUT2D eigenvalue weighted by Gasteiger charge is 2.25. The van der Waals surface area contributed by atoms with Gasteiger partial charge in [0.2, 0.25) is 5.91 Å². The van der Waals surface area contributed by atoms with Gasteiger partial charge in [-0.3, -0.25) is 9.59 Å². The van der Waals surface area contributed by atoms with Crippen LogP contribution in [0.15, 0.2) is 48.5 Å². The number of anilines is 1. The first-order valence-corrected chi connectivity index (χ1v) is 8.35. The maximum atomic E-state index is 12.2. The van der Waals surface area contributed by atoms with Crippen LogP contribution in [0.2, 0.25) is 0 Å². The molecule has 27 heavy (non-hydrogen) atoms. The smallest absolute Gasteiger partial charge is 0.387 e. The fourth-order valence-electron chi connectivity index (χ4n) is 2.73. The Morgan fingerprint density at radius 3 is 2.85 bits per heavy atom. The minimum Gasteiger partial charge on any atom is -0.482 e. The molecule has 1 N–H and O–H groups in total. The zero-order valence-corrected chi connectivity index (χ0v) is 14.4. The third-order valence-electron chi connectivity index (χ3n) is 3.98. The molecular weight excluding hydrogens is 358 g/mol. The molecule has 0 aromatic heterocycles. The Morgan fingerprint density at radius 1 is 1.22 bits per heavy atom. The van der Waals surface area contributed by atoms with E-state index in [2.05, 4.69) is 10.1 Å². The van der Waals surface area contributed by atoms with Gasteiger partial charge in [0.25, 0.3) is 5.91 Å². The number of para-hydroxylation sites is 2. The van der Waals surface area contributed by atoms with Crippen LogP contribution in [0, 0.1) is 0 Å². The fraction of sp³-hybridized carbons (Fsp3) is 0.263. The molecule has 0 bridgehead atoms. The number of carbonyl (C=O) groups excluding carboxylic acids is 2. The molecule has 1 aliphatic rings. The molecule has 2 aromatic carbocycles. The summed E-state index contributed by atoms with van der Waals surface area (Å²) in [6.45, 7) is -2.56. The summed E-state index contributed by atoms with van der Waals surface area (Å²) >= 11 is 0. The van der Waals surface area contributed by atoms with Crippen molar-refractivity contribution in [3.8, 4) is 11.5 Å². The number of hydrogen-bond donors (Lipinski definition) is 1. The lowest BCUT2D eigenvalue weighted by molar-refractivity contribution is -0.122. The van der Waals surface area contributed by atoms with Crippen LogP contribution in [0.1, 0.15) is 12.0 Å². The fourth-order valence-corrected chi connectivity index (χ4v) is 2.73. The molecule has 0 saturated heterocycles. The minimum absolute atomic E-state index is 0.0345. The Balaban J connectivity index is 1.53. The molecule has 1 aliphatic heterocycles. The van der Waals surface area contributed by atoms with E-state index in [0.29, 0.717) is 17.0 Å². The molecule has 0 fully saturated rings. The molecule has 3 rings (SSSR count). The molecule has 0 spiro atoms. The predicted molar refractivity (Wildman–Crippen MR) is 93.8 cm³/mol. The summed E-state index contributed by atoms with van der Waals surface area (Å²) in [5.74, 6) is 0.172. The Labute approximate surface area is 154 Å². The van der Waals surface area contributed by atoms with Crippen molar-refractivity contribution in [1.82, 2.24) is 5.32 Å². The number of ether oxygens (including phenoxy) is 2. The lowest BCUT2D eigenvalue weighted by Crippen LogP contribution is -2.41. The summed E-state index contributed by atoms with van der Waals surface area (Å²) in [4.78, 5) is 25.7. The van der Waals surface area contributed by atoms with Gasteiger partial charge in [-0.1, -0.05) is 24.3 Å². The third-order valence-corrected chi connectivity index (χ3v) is 3.98. The van der Waals surface area contributed by atoms with E-state index in [4.69, 9.17) is 4.74 Å². The van der Waals surface area contributed by atoms with Gasteiger partial charge in [-0.15, -0.1) is 0 Å². The highest BCUT2D eigenvalue weighted by atomic mass is 19.3. The van der Waals surface area contributed by atoms with Gasteiger partial charge in [0, 0.05) is 19.5 Å². The van der Waals surface area contributed by atoms with Gasteiger partial charge in [0.1, 0.15) is 11.5 Å². The number of rotatable bonds is 7. The first kappa shape index (κ1) is 18.6. The van der Waals surface area contributed by atoms with Crippen molar-refractivity contribution in [3.05, 3.63) is 54.1 Å². The highest BCUT2D eigenvalue weighted by Crippen LogP contribution is 2.31. The molecule has 0 saturated carbocycles. The van der Waals surface area contributed by atoms with Crippen molar-refractivity contribution in [3.63, 3.8) is 0 Å². The molecule has 0 atom stereocenters. The first-order chi connectivity index (χ1) is 13.0. The molecular formula is C19H18F2N2O4. The molecule has 142 valence electrons. The van der Waals surface area contributed by atoms with E-state index >= 15 is 0 Å². The van der Waals surface area contributed by atoms with Crippen LogP contribution in [0.5, 0.6) is 11.5 Å². The van der Waals surface area contributed by atoms with Crippen LogP contribution < -0.4 is 19.7 Å². The predicted octanol–water partition coefficient (Wildman–Crippen LogP) is 2.72. The van der Waals surface area contributed by atoms with Crippen LogP contribution in [0.25, 0.3) is 0 Å². The SMILES string of the molecule is O=C(CCN1C(=O)COc2ccccc21)NCc1cccc(OC(F)F)c1. The highest BCUT2D eigenvalue weighted by molar-refractivity contribution is 5.98.